The third kappa shape index (κ3) is 1.84. The Morgan fingerprint density at radius 1 is 1.42 bits per heavy atom. The zero-order chi connectivity index (χ0) is 8.39. The molecule has 3 N–H and O–H groups in total. The fraction of sp³-hybridized carbons (Fsp3) is 0.500. The van der Waals surface area contributed by atoms with Gasteiger partial charge in [0, 0.05) is 6.54 Å². The minimum Gasteiger partial charge on any atom is -0.396 e. The lowest BCUT2D eigenvalue weighted by molar-refractivity contribution is 0.874. The van der Waals surface area contributed by atoms with Crippen LogP contribution in [0.3, 0.4) is 0 Å². The summed E-state index contributed by atoms with van der Waals surface area (Å²) in [6, 6.07) is 0. The molecule has 4 nitrogen and oxygen atoms in total. The quantitative estimate of drug-likeness (QED) is 0.696. The molecule has 0 saturated heterocycles. The molecule has 4 heteroatoms. The minimum absolute atomic E-state index is 0.604. The van der Waals surface area contributed by atoms with Gasteiger partial charge in [0.2, 0.25) is 5.95 Å². The summed E-state index contributed by atoms with van der Waals surface area (Å²) < 4.78 is 0. The van der Waals surface area contributed by atoms with Crippen molar-refractivity contribution in [2.45, 2.75) is 12.8 Å². The largest absolute Gasteiger partial charge is 0.396 e. The van der Waals surface area contributed by atoms with E-state index in [0.717, 1.165) is 12.5 Å². The number of rotatable bonds is 3. The van der Waals surface area contributed by atoms with Crippen LogP contribution in [0.4, 0.5) is 11.6 Å². The standard InChI is InChI=1S/C8H12N4/c9-7-4-11-8(12-5-7)10-3-6-1-2-6/h4-6H,1-3,9H2,(H,10,11,12). The van der Waals surface area contributed by atoms with Crippen molar-refractivity contribution in [3.8, 4) is 0 Å². The third-order valence-electron chi connectivity index (χ3n) is 1.92. The molecule has 1 aromatic rings. The van der Waals surface area contributed by atoms with E-state index in [-0.39, 0.29) is 0 Å². The summed E-state index contributed by atoms with van der Waals surface area (Å²) in [6.07, 6.45) is 5.90. The summed E-state index contributed by atoms with van der Waals surface area (Å²) in [5.74, 6) is 1.52. The fourth-order valence-electron chi connectivity index (χ4n) is 0.987. The lowest BCUT2D eigenvalue weighted by Crippen LogP contribution is -2.06. The maximum Gasteiger partial charge on any atom is 0.222 e. The van der Waals surface area contributed by atoms with Crippen LogP contribution in [0.25, 0.3) is 0 Å². The maximum atomic E-state index is 5.44. The number of hydrogen-bond donors (Lipinski definition) is 2. The van der Waals surface area contributed by atoms with Crippen LogP contribution in [0.1, 0.15) is 12.8 Å². The zero-order valence-electron chi connectivity index (χ0n) is 6.83. The van der Waals surface area contributed by atoms with E-state index in [1.165, 1.54) is 12.8 Å². The number of hydrogen-bond acceptors (Lipinski definition) is 4. The molecule has 1 aromatic heterocycles. The van der Waals surface area contributed by atoms with Gasteiger partial charge in [0.25, 0.3) is 0 Å². The Labute approximate surface area is 71.2 Å². The second-order valence-corrected chi connectivity index (χ2v) is 3.16. The first-order valence-electron chi connectivity index (χ1n) is 4.16. The molecule has 0 spiro atoms. The van der Waals surface area contributed by atoms with Gasteiger partial charge in [-0.2, -0.15) is 0 Å². The Hall–Kier alpha value is -1.32. The predicted molar refractivity (Wildman–Crippen MR) is 47.7 cm³/mol. The number of nitrogen functional groups attached to an aromatic ring is 1. The van der Waals surface area contributed by atoms with Crippen molar-refractivity contribution in [2.24, 2.45) is 5.92 Å². The highest BCUT2D eigenvalue weighted by atomic mass is 15.1. The Balaban J connectivity index is 1.89. The number of nitrogens with zero attached hydrogens (tertiary/aromatic N) is 2. The summed E-state index contributed by atoms with van der Waals surface area (Å²) in [7, 11) is 0. The van der Waals surface area contributed by atoms with E-state index < -0.39 is 0 Å². The van der Waals surface area contributed by atoms with Gasteiger partial charge in [-0.1, -0.05) is 0 Å². The Bertz CT molecular complexity index is 252. The van der Waals surface area contributed by atoms with E-state index >= 15 is 0 Å². The molecule has 12 heavy (non-hydrogen) atoms. The van der Waals surface area contributed by atoms with E-state index in [0.29, 0.717) is 11.6 Å². The maximum absolute atomic E-state index is 5.44. The van der Waals surface area contributed by atoms with Gasteiger partial charge < -0.3 is 11.1 Å². The Morgan fingerprint density at radius 3 is 2.67 bits per heavy atom. The minimum atomic E-state index is 0.604. The van der Waals surface area contributed by atoms with Gasteiger partial charge in [-0.05, 0) is 18.8 Å². The molecule has 1 heterocycles. The van der Waals surface area contributed by atoms with Crippen molar-refractivity contribution in [3.05, 3.63) is 12.4 Å². The van der Waals surface area contributed by atoms with Gasteiger partial charge in [-0.25, -0.2) is 9.97 Å². The molecule has 1 fully saturated rings. The van der Waals surface area contributed by atoms with Gasteiger partial charge in [0.15, 0.2) is 0 Å². The molecule has 0 bridgehead atoms. The summed E-state index contributed by atoms with van der Waals surface area (Å²) in [5, 5.41) is 3.16. The van der Waals surface area contributed by atoms with Crippen LogP contribution < -0.4 is 11.1 Å². The monoisotopic (exact) mass is 164 g/mol. The first kappa shape index (κ1) is 7.34. The lowest BCUT2D eigenvalue weighted by atomic mass is 10.4. The molecule has 0 amide bonds. The van der Waals surface area contributed by atoms with Gasteiger partial charge in [0.05, 0.1) is 18.1 Å². The molecule has 0 aliphatic heterocycles. The van der Waals surface area contributed by atoms with Crippen LogP contribution in [-0.4, -0.2) is 16.5 Å². The lowest BCUT2D eigenvalue weighted by Gasteiger charge is -2.01. The molecule has 1 saturated carbocycles. The van der Waals surface area contributed by atoms with Gasteiger partial charge in [-0.15, -0.1) is 0 Å². The van der Waals surface area contributed by atoms with E-state index in [1.807, 2.05) is 0 Å². The molecule has 1 aliphatic rings. The van der Waals surface area contributed by atoms with E-state index in [1.54, 1.807) is 12.4 Å². The Kier molecular flexibility index (Phi) is 1.81. The zero-order valence-corrected chi connectivity index (χ0v) is 6.83. The summed E-state index contributed by atoms with van der Waals surface area (Å²) >= 11 is 0. The Morgan fingerprint density at radius 2 is 2.08 bits per heavy atom. The van der Waals surface area contributed by atoms with Gasteiger partial charge >= 0.3 is 0 Å². The van der Waals surface area contributed by atoms with Crippen LogP contribution in [-0.2, 0) is 0 Å². The molecule has 64 valence electrons. The normalized spacial score (nSPS) is 16.0. The molecular weight excluding hydrogens is 152 g/mol. The highest BCUT2D eigenvalue weighted by molar-refractivity contribution is 5.35. The highest BCUT2D eigenvalue weighted by Gasteiger charge is 2.20. The van der Waals surface area contributed by atoms with Crippen LogP contribution in [0, 0.1) is 5.92 Å². The fourth-order valence-corrected chi connectivity index (χ4v) is 0.987. The van der Waals surface area contributed by atoms with Crippen molar-refractivity contribution in [3.63, 3.8) is 0 Å². The summed E-state index contributed by atoms with van der Waals surface area (Å²) in [4.78, 5) is 8.06. The van der Waals surface area contributed by atoms with Crippen molar-refractivity contribution in [1.29, 1.82) is 0 Å². The van der Waals surface area contributed by atoms with Crippen molar-refractivity contribution < 1.29 is 0 Å². The molecule has 0 radical (unpaired) electrons. The molecule has 0 aromatic carbocycles. The van der Waals surface area contributed by atoms with Crippen LogP contribution in [0.15, 0.2) is 12.4 Å². The first-order valence-corrected chi connectivity index (χ1v) is 4.16. The van der Waals surface area contributed by atoms with Crippen molar-refractivity contribution in [2.75, 3.05) is 17.6 Å². The van der Waals surface area contributed by atoms with Crippen molar-refractivity contribution in [1.82, 2.24) is 9.97 Å². The molecule has 0 atom stereocenters. The highest BCUT2D eigenvalue weighted by Crippen LogP contribution is 2.28. The smallest absolute Gasteiger partial charge is 0.222 e. The summed E-state index contributed by atoms with van der Waals surface area (Å²) in [5.41, 5.74) is 6.05. The van der Waals surface area contributed by atoms with E-state index in [4.69, 9.17) is 5.73 Å². The van der Waals surface area contributed by atoms with Crippen molar-refractivity contribution >= 4 is 11.6 Å². The molecule has 0 unspecified atom stereocenters. The predicted octanol–water partition coefficient (Wildman–Crippen LogP) is 0.881. The van der Waals surface area contributed by atoms with E-state index in [9.17, 15) is 0 Å². The number of nitrogens with two attached hydrogens (primary N) is 1. The number of anilines is 2. The van der Waals surface area contributed by atoms with Crippen LogP contribution >= 0.6 is 0 Å². The van der Waals surface area contributed by atoms with Gasteiger partial charge in [0.1, 0.15) is 0 Å². The third-order valence-corrected chi connectivity index (χ3v) is 1.92. The molecule has 1 aliphatic carbocycles. The second-order valence-electron chi connectivity index (χ2n) is 3.16. The van der Waals surface area contributed by atoms with E-state index in [2.05, 4.69) is 15.3 Å². The summed E-state index contributed by atoms with van der Waals surface area (Å²) in [6.45, 7) is 0.990. The number of nitrogens with one attached hydrogen (secondary N) is 1. The molecular formula is C8H12N4. The molecule has 2 rings (SSSR count). The van der Waals surface area contributed by atoms with Crippen LogP contribution in [0.5, 0.6) is 0 Å². The second kappa shape index (κ2) is 2.97. The van der Waals surface area contributed by atoms with Gasteiger partial charge in [-0.3, -0.25) is 0 Å². The SMILES string of the molecule is Nc1cnc(NCC2CC2)nc1. The van der Waals surface area contributed by atoms with Crippen LogP contribution in [0.2, 0.25) is 0 Å². The average Bonchev–Trinajstić information content (AvgIpc) is 2.87. The topological polar surface area (TPSA) is 63.8 Å². The first-order chi connectivity index (χ1) is 5.84. The average molecular weight is 164 g/mol. The number of aromatic nitrogens is 2.